The van der Waals surface area contributed by atoms with Gasteiger partial charge in [-0.05, 0) is 24.1 Å². The average Bonchev–Trinajstić information content (AvgIpc) is 2.26. The molecule has 0 aliphatic carbocycles. The monoisotopic (exact) mass is 282 g/mol. The third kappa shape index (κ3) is 4.21. The lowest BCUT2D eigenvalue weighted by Gasteiger charge is -2.12. The fourth-order valence-corrected chi connectivity index (χ4v) is 1.89. The van der Waals surface area contributed by atoms with Gasteiger partial charge in [0.2, 0.25) is 0 Å². The van der Waals surface area contributed by atoms with E-state index in [0.717, 1.165) is 23.3 Å². The first kappa shape index (κ1) is 13.0. The number of hydrogen-bond donors (Lipinski definition) is 1. The van der Waals surface area contributed by atoms with E-state index in [0.29, 0.717) is 11.5 Å². The van der Waals surface area contributed by atoms with Crippen LogP contribution >= 0.6 is 15.9 Å². The Morgan fingerprint density at radius 2 is 2.25 bits per heavy atom. The minimum Gasteiger partial charge on any atom is -0.385 e. The van der Waals surface area contributed by atoms with E-state index in [1.54, 1.807) is 13.2 Å². The molecule has 1 rings (SSSR count). The Balaban J connectivity index is 2.60. The molecule has 0 aromatic heterocycles. The Morgan fingerprint density at radius 1 is 1.50 bits per heavy atom. The normalized spacial score (nSPS) is 11.9. The fraction of sp³-hybridized carbons (Fsp3) is 0.417. The van der Waals surface area contributed by atoms with Crippen LogP contribution in [0.15, 0.2) is 22.7 Å². The summed E-state index contributed by atoms with van der Waals surface area (Å²) in [5, 5.41) is 12.1. The van der Waals surface area contributed by atoms with Crippen molar-refractivity contribution in [2.45, 2.75) is 6.92 Å². The maximum absolute atomic E-state index is 8.83. The lowest BCUT2D eigenvalue weighted by molar-refractivity contribution is 0.164. The number of nitriles is 1. The molecule has 0 spiro atoms. The van der Waals surface area contributed by atoms with Crippen molar-refractivity contribution in [3.05, 3.63) is 28.2 Å². The molecule has 0 bridgehead atoms. The van der Waals surface area contributed by atoms with Crippen molar-refractivity contribution in [3.63, 3.8) is 0 Å². The van der Waals surface area contributed by atoms with E-state index in [2.05, 4.69) is 34.2 Å². The van der Waals surface area contributed by atoms with Gasteiger partial charge in [0.15, 0.2) is 0 Å². The van der Waals surface area contributed by atoms with E-state index in [4.69, 9.17) is 10.00 Å². The fourth-order valence-electron chi connectivity index (χ4n) is 1.39. The second-order valence-electron chi connectivity index (χ2n) is 3.78. The number of benzene rings is 1. The van der Waals surface area contributed by atoms with Gasteiger partial charge in [0.1, 0.15) is 0 Å². The van der Waals surface area contributed by atoms with E-state index in [9.17, 15) is 0 Å². The van der Waals surface area contributed by atoms with Crippen LogP contribution in [0.2, 0.25) is 0 Å². The number of methoxy groups -OCH3 is 1. The minimum absolute atomic E-state index is 0.439. The molecule has 3 nitrogen and oxygen atoms in total. The highest BCUT2D eigenvalue weighted by Gasteiger charge is 2.02. The summed E-state index contributed by atoms with van der Waals surface area (Å²) < 4.78 is 5.97. The van der Waals surface area contributed by atoms with Crippen LogP contribution in [0.3, 0.4) is 0 Å². The molecule has 0 saturated carbocycles. The minimum atomic E-state index is 0.439. The first-order chi connectivity index (χ1) is 7.65. The van der Waals surface area contributed by atoms with E-state index in [1.807, 2.05) is 12.1 Å². The van der Waals surface area contributed by atoms with Gasteiger partial charge >= 0.3 is 0 Å². The highest BCUT2D eigenvalue weighted by molar-refractivity contribution is 9.10. The van der Waals surface area contributed by atoms with Gasteiger partial charge in [0, 0.05) is 23.8 Å². The Bertz CT molecular complexity index is 387. The van der Waals surface area contributed by atoms with Crippen molar-refractivity contribution in [1.29, 1.82) is 5.26 Å². The highest BCUT2D eigenvalue weighted by atomic mass is 79.9. The summed E-state index contributed by atoms with van der Waals surface area (Å²) >= 11 is 3.38. The Kier molecular flexibility index (Phi) is 5.30. The highest BCUT2D eigenvalue weighted by Crippen LogP contribution is 2.19. The molecule has 0 heterocycles. The van der Waals surface area contributed by atoms with Crippen LogP contribution in [0.25, 0.3) is 0 Å². The summed E-state index contributed by atoms with van der Waals surface area (Å²) in [4.78, 5) is 0. The van der Waals surface area contributed by atoms with Crippen molar-refractivity contribution in [2.24, 2.45) is 5.92 Å². The van der Waals surface area contributed by atoms with E-state index in [1.165, 1.54) is 0 Å². The number of nitrogens with one attached hydrogen (secondary N) is 1. The van der Waals surface area contributed by atoms with E-state index in [-0.39, 0.29) is 0 Å². The lowest BCUT2D eigenvalue weighted by Crippen LogP contribution is -2.15. The molecule has 0 radical (unpaired) electrons. The number of rotatable bonds is 5. The second-order valence-corrected chi connectivity index (χ2v) is 4.70. The van der Waals surface area contributed by atoms with Crippen molar-refractivity contribution in [1.82, 2.24) is 0 Å². The molecule has 0 aliphatic heterocycles. The summed E-state index contributed by atoms with van der Waals surface area (Å²) in [6.07, 6.45) is 0. The van der Waals surface area contributed by atoms with Crippen LogP contribution in [0.1, 0.15) is 12.5 Å². The lowest BCUT2D eigenvalue weighted by atomic mass is 10.2. The van der Waals surface area contributed by atoms with Crippen molar-refractivity contribution >= 4 is 21.6 Å². The number of halogens is 1. The molecule has 1 atom stereocenters. The number of ether oxygens (including phenoxy) is 1. The maximum atomic E-state index is 8.83. The summed E-state index contributed by atoms with van der Waals surface area (Å²) in [5.74, 6) is 0.439. The first-order valence-corrected chi connectivity index (χ1v) is 5.88. The largest absolute Gasteiger partial charge is 0.385 e. The van der Waals surface area contributed by atoms with Crippen LogP contribution in [-0.2, 0) is 4.74 Å². The molecular formula is C12H15BrN2O. The van der Waals surface area contributed by atoms with Crippen LogP contribution in [0.5, 0.6) is 0 Å². The van der Waals surface area contributed by atoms with Gasteiger partial charge in [0.05, 0.1) is 18.2 Å². The van der Waals surface area contributed by atoms with Gasteiger partial charge in [-0.25, -0.2) is 0 Å². The zero-order valence-corrected chi connectivity index (χ0v) is 11.0. The van der Waals surface area contributed by atoms with E-state index < -0.39 is 0 Å². The molecule has 86 valence electrons. The van der Waals surface area contributed by atoms with Gasteiger partial charge < -0.3 is 10.1 Å². The molecule has 0 saturated heterocycles. The van der Waals surface area contributed by atoms with Crippen LogP contribution in [0, 0.1) is 17.2 Å². The van der Waals surface area contributed by atoms with Crippen molar-refractivity contribution in [3.8, 4) is 6.07 Å². The van der Waals surface area contributed by atoms with Crippen LogP contribution in [0.4, 0.5) is 5.69 Å². The predicted octanol–water partition coefficient (Wildman–Crippen LogP) is 3.02. The quantitative estimate of drug-likeness (QED) is 0.903. The van der Waals surface area contributed by atoms with Crippen LogP contribution < -0.4 is 5.32 Å². The van der Waals surface area contributed by atoms with Gasteiger partial charge in [-0.1, -0.05) is 22.9 Å². The summed E-state index contributed by atoms with van der Waals surface area (Å²) in [6.45, 7) is 3.67. The third-order valence-corrected chi connectivity index (χ3v) is 2.59. The smallest absolute Gasteiger partial charge is 0.0992 e. The first-order valence-electron chi connectivity index (χ1n) is 5.09. The van der Waals surface area contributed by atoms with Gasteiger partial charge in [-0.15, -0.1) is 0 Å². The molecule has 1 aromatic carbocycles. The Hall–Kier alpha value is -1.05. The zero-order valence-electron chi connectivity index (χ0n) is 9.46. The third-order valence-electron chi connectivity index (χ3n) is 2.13. The van der Waals surface area contributed by atoms with E-state index >= 15 is 0 Å². The van der Waals surface area contributed by atoms with Gasteiger partial charge in [0.25, 0.3) is 0 Å². The molecule has 1 N–H and O–H groups in total. The van der Waals surface area contributed by atoms with Crippen molar-refractivity contribution < 1.29 is 4.74 Å². The molecule has 0 aliphatic rings. The number of hydrogen-bond acceptors (Lipinski definition) is 3. The predicted molar refractivity (Wildman–Crippen MR) is 68.4 cm³/mol. The average molecular weight is 283 g/mol. The molecule has 16 heavy (non-hydrogen) atoms. The Morgan fingerprint density at radius 3 is 2.88 bits per heavy atom. The van der Waals surface area contributed by atoms with Crippen LogP contribution in [-0.4, -0.2) is 20.3 Å². The molecule has 4 heteroatoms. The Labute approximate surface area is 105 Å². The molecule has 1 aromatic rings. The van der Waals surface area contributed by atoms with Gasteiger partial charge in [-0.2, -0.15) is 5.26 Å². The van der Waals surface area contributed by atoms with Crippen molar-refractivity contribution in [2.75, 3.05) is 25.6 Å². The number of anilines is 1. The number of nitrogens with zero attached hydrogens (tertiary/aromatic N) is 1. The van der Waals surface area contributed by atoms with Gasteiger partial charge in [-0.3, -0.25) is 0 Å². The summed E-state index contributed by atoms with van der Waals surface area (Å²) in [6, 6.07) is 7.72. The molecule has 0 fully saturated rings. The molecule has 0 amide bonds. The topological polar surface area (TPSA) is 45.0 Å². The zero-order chi connectivity index (χ0) is 12.0. The summed E-state index contributed by atoms with van der Waals surface area (Å²) in [7, 11) is 1.70. The standard InChI is InChI=1S/C12H15BrN2O/c1-9(8-16-2)7-15-12-4-10(6-14)3-11(13)5-12/h3-5,9,15H,7-8H2,1-2H3. The SMILES string of the molecule is COCC(C)CNc1cc(Br)cc(C#N)c1. The molecule has 1 unspecified atom stereocenters. The molecular weight excluding hydrogens is 268 g/mol. The second kappa shape index (κ2) is 6.51. The maximum Gasteiger partial charge on any atom is 0.0992 e. The summed E-state index contributed by atoms with van der Waals surface area (Å²) in [5.41, 5.74) is 1.60.